The molecule has 1 aliphatic heterocycles. The molecule has 0 saturated carbocycles. The largest absolute Gasteiger partial charge is 0.380 e. The second-order valence-corrected chi connectivity index (χ2v) is 4.82. The highest BCUT2D eigenvalue weighted by Gasteiger charge is 2.52. The summed E-state index contributed by atoms with van der Waals surface area (Å²) in [6.45, 7) is 4.63. The van der Waals surface area contributed by atoms with Crippen LogP contribution in [0.1, 0.15) is 20.8 Å². The number of amides is 1. The Labute approximate surface area is 81.7 Å². The molecule has 0 aromatic rings. The summed E-state index contributed by atoms with van der Waals surface area (Å²) in [5.41, 5.74) is -2.57. The fourth-order valence-corrected chi connectivity index (χ4v) is 1.37. The molecule has 5 heteroatoms. The molecule has 14 heavy (non-hydrogen) atoms. The molecule has 1 heterocycles. The molecule has 0 atom stereocenters. The topological polar surface area (TPSA) is 40.5 Å². The minimum atomic E-state index is -2.79. The van der Waals surface area contributed by atoms with Gasteiger partial charge in [-0.05, 0) is 0 Å². The van der Waals surface area contributed by atoms with Crippen LogP contribution in [-0.4, -0.2) is 41.0 Å². The van der Waals surface area contributed by atoms with E-state index in [0.29, 0.717) is 0 Å². The van der Waals surface area contributed by atoms with Gasteiger partial charge in [0.25, 0.3) is 6.43 Å². The molecule has 82 valence electrons. The third-order valence-corrected chi connectivity index (χ3v) is 2.26. The summed E-state index contributed by atoms with van der Waals surface area (Å²) in [5.74, 6) is -0.206. The summed E-state index contributed by atoms with van der Waals surface area (Å²) in [7, 11) is 0. The zero-order valence-corrected chi connectivity index (χ0v) is 8.55. The van der Waals surface area contributed by atoms with E-state index in [1.54, 1.807) is 20.8 Å². The molecule has 0 aromatic heterocycles. The zero-order chi connectivity index (χ0) is 11.1. The normalized spacial score (nSPS) is 20.9. The van der Waals surface area contributed by atoms with Gasteiger partial charge in [-0.2, -0.15) is 0 Å². The lowest BCUT2D eigenvalue weighted by atomic mass is 9.88. The van der Waals surface area contributed by atoms with Crippen LogP contribution in [-0.2, 0) is 4.79 Å². The van der Waals surface area contributed by atoms with Crippen LogP contribution in [0, 0.1) is 5.41 Å². The second-order valence-electron chi connectivity index (χ2n) is 4.82. The average Bonchev–Trinajstić information content (AvgIpc) is 1.95. The highest BCUT2D eigenvalue weighted by atomic mass is 19.3. The van der Waals surface area contributed by atoms with Crippen LogP contribution in [0.3, 0.4) is 0 Å². The summed E-state index contributed by atoms with van der Waals surface area (Å²) in [4.78, 5) is 12.8. The van der Waals surface area contributed by atoms with Crippen LogP contribution in [0.25, 0.3) is 0 Å². The number of carbonyl (C=O) groups is 1. The molecular formula is C9H15F2NO2. The van der Waals surface area contributed by atoms with E-state index in [4.69, 9.17) is 0 Å². The molecule has 1 amide bonds. The van der Waals surface area contributed by atoms with Gasteiger partial charge in [0.1, 0.15) is 0 Å². The van der Waals surface area contributed by atoms with Crippen molar-refractivity contribution in [3.63, 3.8) is 0 Å². The maximum Gasteiger partial charge on any atom is 0.270 e. The van der Waals surface area contributed by atoms with Gasteiger partial charge in [-0.25, -0.2) is 8.78 Å². The summed E-state index contributed by atoms with van der Waals surface area (Å²) in [6, 6.07) is 0. The summed E-state index contributed by atoms with van der Waals surface area (Å²) in [5, 5.41) is 9.23. The first-order valence-corrected chi connectivity index (χ1v) is 4.47. The average molecular weight is 207 g/mol. The Morgan fingerprint density at radius 3 is 2.14 bits per heavy atom. The number of rotatable bonds is 1. The van der Waals surface area contributed by atoms with Crippen LogP contribution in [0.5, 0.6) is 0 Å². The van der Waals surface area contributed by atoms with E-state index in [1.165, 1.54) is 4.90 Å². The van der Waals surface area contributed by atoms with E-state index in [-0.39, 0.29) is 19.0 Å². The van der Waals surface area contributed by atoms with E-state index in [1.807, 2.05) is 0 Å². The van der Waals surface area contributed by atoms with Crippen LogP contribution in [0.15, 0.2) is 0 Å². The van der Waals surface area contributed by atoms with Crippen molar-refractivity contribution >= 4 is 5.91 Å². The number of likely N-dealkylation sites (tertiary alicyclic amines) is 1. The number of alkyl halides is 2. The molecule has 0 spiro atoms. The van der Waals surface area contributed by atoms with Crippen molar-refractivity contribution in [2.24, 2.45) is 5.41 Å². The summed E-state index contributed by atoms with van der Waals surface area (Å²) >= 11 is 0. The van der Waals surface area contributed by atoms with Gasteiger partial charge in [0.05, 0.1) is 13.1 Å². The lowest BCUT2D eigenvalue weighted by Crippen LogP contribution is -2.68. The Bertz CT molecular complexity index is 242. The number of aliphatic hydroxyl groups is 1. The molecule has 1 saturated heterocycles. The number of halogens is 2. The third-order valence-electron chi connectivity index (χ3n) is 2.26. The third kappa shape index (κ3) is 1.87. The fourth-order valence-electron chi connectivity index (χ4n) is 1.37. The minimum absolute atomic E-state index is 0.206. The number of hydrogen-bond acceptors (Lipinski definition) is 2. The van der Waals surface area contributed by atoms with Gasteiger partial charge in [0.2, 0.25) is 5.91 Å². The minimum Gasteiger partial charge on any atom is -0.380 e. The second kappa shape index (κ2) is 3.15. The standard InChI is InChI=1S/C9H15F2NO2/c1-8(2,3)7(13)12-4-9(14,5-12)6(10)11/h6,14H,4-5H2,1-3H3. The fraction of sp³-hybridized carbons (Fsp3) is 0.889. The molecule has 1 rings (SSSR count). The maximum absolute atomic E-state index is 12.2. The Morgan fingerprint density at radius 1 is 1.43 bits per heavy atom. The SMILES string of the molecule is CC(C)(C)C(=O)N1CC(O)(C(F)F)C1. The van der Waals surface area contributed by atoms with E-state index in [0.717, 1.165) is 0 Å². The highest BCUT2D eigenvalue weighted by molar-refractivity contribution is 5.82. The van der Waals surface area contributed by atoms with E-state index in [9.17, 15) is 18.7 Å². The Balaban J connectivity index is 2.54. The smallest absolute Gasteiger partial charge is 0.270 e. The van der Waals surface area contributed by atoms with Gasteiger partial charge in [0.15, 0.2) is 5.60 Å². The van der Waals surface area contributed by atoms with E-state index in [2.05, 4.69) is 0 Å². The molecule has 0 bridgehead atoms. The molecule has 1 fully saturated rings. The van der Waals surface area contributed by atoms with Crippen molar-refractivity contribution in [3.8, 4) is 0 Å². The zero-order valence-electron chi connectivity index (χ0n) is 8.55. The first-order chi connectivity index (χ1) is 6.17. The van der Waals surface area contributed by atoms with Gasteiger partial charge in [-0.15, -0.1) is 0 Å². The van der Waals surface area contributed by atoms with Gasteiger partial charge in [-0.3, -0.25) is 4.79 Å². The summed E-state index contributed by atoms with van der Waals surface area (Å²) in [6.07, 6.45) is -2.79. The highest BCUT2D eigenvalue weighted by Crippen LogP contribution is 2.31. The predicted molar refractivity (Wildman–Crippen MR) is 47.0 cm³/mol. The van der Waals surface area contributed by atoms with E-state index < -0.39 is 17.4 Å². The Hall–Kier alpha value is -0.710. The monoisotopic (exact) mass is 207 g/mol. The lowest BCUT2D eigenvalue weighted by Gasteiger charge is -2.47. The number of nitrogens with zero attached hydrogens (tertiary/aromatic N) is 1. The molecule has 3 nitrogen and oxygen atoms in total. The summed E-state index contributed by atoms with van der Waals surface area (Å²) < 4.78 is 24.4. The first kappa shape index (κ1) is 11.4. The Kier molecular flexibility index (Phi) is 2.56. The van der Waals surface area contributed by atoms with Crippen molar-refractivity contribution in [3.05, 3.63) is 0 Å². The molecule has 0 aromatic carbocycles. The van der Waals surface area contributed by atoms with Gasteiger partial charge < -0.3 is 10.0 Å². The quantitative estimate of drug-likeness (QED) is 0.693. The Morgan fingerprint density at radius 2 is 1.86 bits per heavy atom. The molecule has 1 N–H and O–H groups in total. The van der Waals surface area contributed by atoms with Crippen LogP contribution >= 0.6 is 0 Å². The van der Waals surface area contributed by atoms with Crippen molar-refractivity contribution < 1.29 is 18.7 Å². The van der Waals surface area contributed by atoms with Crippen molar-refractivity contribution in [1.82, 2.24) is 4.90 Å². The van der Waals surface area contributed by atoms with Crippen molar-refractivity contribution in [1.29, 1.82) is 0 Å². The van der Waals surface area contributed by atoms with Gasteiger partial charge in [0, 0.05) is 5.41 Å². The van der Waals surface area contributed by atoms with Crippen molar-refractivity contribution in [2.75, 3.05) is 13.1 Å². The molecule has 0 aliphatic carbocycles. The van der Waals surface area contributed by atoms with Gasteiger partial charge >= 0.3 is 0 Å². The number of carbonyl (C=O) groups excluding carboxylic acids is 1. The first-order valence-electron chi connectivity index (χ1n) is 4.47. The lowest BCUT2D eigenvalue weighted by molar-refractivity contribution is -0.193. The van der Waals surface area contributed by atoms with Crippen LogP contribution < -0.4 is 0 Å². The maximum atomic E-state index is 12.2. The predicted octanol–water partition coefficient (Wildman–Crippen LogP) is 0.871. The van der Waals surface area contributed by atoms with Crippen LogP contribution in [0.4, 0.5) is 8.78 Å². The molecule has 0 radical (unpaired) electrons. The number of hydrogen-bond donors (Lipinski definition) is 1. The molecule has 1 aliphatic rings. The van der Waals surface area contributed by atoms with Crippen molar-refractivity contribution in [2.45, 2.75) is 32.8 Å². The van der Waals surface area contributed by atoms with Gasteiger partial charge in [-0.1, -0.05) is 20.8 Å². The number of β-amino-alcohol motifs (C(OH)–C–C–N with tert-alkyl or cyclic N) is 1. The molecule has 0 unspecified atom stereocenters. The van der Waals surface area contributed by atoms with E-state index >= 15 is 0 Å². The van der Waals surface area contributed by atoms with Crippen LogP contribution in [0.2, 0.25) is 0 Å². The molecular weight excluding hydrogens is 192 g/mol.